The maximum absolute atomic E-state index is 5.38. The minimum absolute atomic E-state index is 0. The molecule has 1 fully saturated rings. The molecule has 6 heteroatoms. The standard InChI is InChI=1S/C17H27N3OS.HI/c1-17(10-6-12-22-17)13-20-16(18-2)19-11-9-14-7-4-5-8-15(14)21-3;/h4-5,7-8H,6,9-13H2,1-3H3,(H2,18,19,20);1H. The summed E-state index contributed by atoms with van der Waals surface area (Å²) in [6.07, 6.45) is 3.52. The molecule has 0 aliphatic carbocycles. The molecule has 0 aromatic heterocycles. The highest BCUT2D eigenvalue weighted by molar-refractivity contribution is 14.0. The normalized spacial score (nSPS) is 20.7. The van der Waals surface area contributed by atoms with Crippen molar-refractivity contribution in [1.82, 2.24) is 10.6 Å². The van der Waals surface area contributed by atoms with Crippen molar-refractivity contribution in [2.45, 2.75) is 30.9 Å². The van der Waals surface area contributed by atoms with Crippen molar-refractivity contribution in [1.29, 1.82) is 0 Å². The Labute approximate surface area is 161 Å². The number of thioether (sulfide) groups is 1. The Morgan fingerprint density at radius 2 is 2.13 bits per heavy atom. The van der Waals surface area contributed by atoms with Crippen LogP contribution in [0.15, 0.2) is 29.3 Å². The van der Waals surface area contributed by atoms with Gasteiger partial charge >= 0.3 is 0 Å². The van der Waals surface area contributed by atoms with Crippen LogP contribution in [0.1, 0.15) is 25.3 Å². The largest absolute Gasteiger partial charge is 0.496 e. The summed E-state index contributed by atoms with van der Waals surface area (Å²) in [7, 11) is 3.54. The zero-order valence-electron chi connectivity index (χ0n) is 14.2. The van der Waals surface area contributed by atoms with Crippen molar-refractivity contribution in [2.24, 2.45) is 4.99 Å². The van der Waals surface area contributed by atoms with Gasteiger partial charge in [-0.3, -0.25) is 4.99 Å². The molecule has 1 saturated heterocycles. The lowest BCUT2D eigenvalue weighted by Gasteiger charge is -2.24. The fraction of sp³-hybridized carbons (Fsp3) is 0.588. The predicted octanol–water partition coefficient (Wildman–Crippen LogP) is 3.31. The molecular formula is C17H28IN3OS. The summed E-state index contributed by atoms with van der Waals surface area (Å²) < 4.78 is 5.73. The second-order valence-corrected chi connectivity index (χ2v) is 7.50. The SMILES string of the molecule is CN=C(NCCc1ccccc1OC)NCC1(C)CCCS1.I. The van der Waals surface area contributed by atoms with Gasteiger partial charge in [0.2, 0.25) is 0 Å². The molecule has 130 valence electrons. The first-order valence-corrected chi connectivity index (χ1v) is 8.86. The molecule has 1 aliphatic heterocycles. The van der Waals surface area contributed by atoms with E-state index in [9.17, 15) is 0 Å². The highest BCUT2D eigenvalue weighted by atomic mass is 127. The third kappa shape index (κ3) is 6.41. The number of ether oxygens (including phenoxy) is 1. The van der Waals surface area contributed by atoms with E-state index in [0.29, 0.717) is 4.75 Å². The van der Waals surface area contributed by atoms with Gasteiger partial charge in [0, 0.05) is 24.9 Å². The predicted molar refractivity (Wildman–Crippen MR) is 112 cm³/mol. The van der Waals surface area contributed by atoms with Gasteiger partial charge < -0.3 is 15.4 Å². The highest BCUT2D eigenvalue weighted by Gasteiger charge is 2.29. The Balaban J connectivity index is 0.00000264. The Morgan fingerprint density at radius 1 is 1.35 bits per heavy atom. The Morgan fingerprint density at radius 3 is 2.78 bits per heavy atom. The van der Waals surface area contributed by atoms with Crippen molar-refractivity contribution >= 4 is 41.7 Å². The molecule has 1 aliphatic rings. The van der Waals surface area contributed by atoms with Gasteiger partial charge in [-0.1, -0.05) is 18.2 Å². The first-order chi connectivity index (χ1) is 10.7. The van der Waals surface area contributed by atoms with Crippen molar-refractivity contribution < 1.29 is 4.74 Å². The van der Waals surface area contributed by atoms with E-state index >= 15 is 0 Å². The number of methoxy groups -OCH3 is 1. The monoisotopic (exact) mass is 449 g/mol. The van der Waals surface area contributed by atoms with Crippen molar-refractivity contribution in [3.63, 3.8) is 0 Å². The summed E-state index contributed by atoms with van der Waals surface area (Å²) in [5, 5.41) is 6.84. The number of hydrogen-bond donors (Lipinski definition) is 2. The molecular weight excluding hydrogens is 421 g/mol. The summed E-state index contributed by atoms with van der Waals surface area (Å²) in [5.41, 5.74) is 1.21. The van der Waals surface area contributed by atoms with E-state index in [1.165, 1.54) is 24.2 Å². The number of guanidine groups is 1. The van der Waals surface area contributed by atoms with Gasteiger partial charge in [0.25, 0.3) is 0 Å². The number of nitrogens with zero attached hydrogens (tertiary/aromatic N) is 1. The summed E-state index contributed by atoms with van der Waals surface area (Å²) >= 11 is 2.06. The average Bonchev–Trinajstić information content (AvgIpc) is 2.98. The Kier molecular flexibility index (Phi) is 9.12. The van der Waals surface area contributed by atoms with E-state index in [-0.39, 0.29) is 24.0 Å². The molecule has 1 heterocycles. The molecule has 23 heavy (non-hydrogen) atoms. The molecule has 0 spiro atoms. The van der Waals surface area contributed by atoms with Crippen LogP contribution in [-0.4, -0.2) is 43.7 Å². The van der Waals surface area contributed by atoms with Gasteiger partial charge in [-0.05, 0) is 43.6 Å². The van der Waals surface area contributed by atoms with Gasteiger partial charge in [0.05, 0.1) is 7.11 Å². The van der Waals surface area contributed by atoms with Crippen LogP contribution in [0, 0.1) is 0 Å². The zero-order valence-corrected chi connectivity index (χ0v) is 17.4. The first-order valence-electron chi connectivity index (χ1n) is 7.87. The van der Waals surface area contributed by atoms with Crippen LogP contribution < -0.4 is 15.4 Å². The molecule has 4 nitrogen and oxygen atoms in total. The number of aliphatic imine (C=N–C) groups is 1. The second kappa shape index (κ2) is 10.3. The topological polar surface area (TPSA) is 45.7 Å². The number of rotatable bonds is 6. The molecule has 0 bridgehead atoms. The maximum Gasteiger partial charge on any atom is 0.191 e. The number of nitrogens with one attached hydrogen (secondary N) is 2. The summed E-state index contributed by atoms with van der Waals surface area (Å²) in [4.78, 5) is 4.31. The van der Waals surface area contributed by atoms with Crippen LogP contribution >= 0.6 is 35.7 Å². The van der Waals surface area contributed by atoms with Gasteiger partial charge in [-0.25, -0.2) is 0 Å². The fourth-order valence-electron chi connectivity index (χ4n) is 2.69. The molecule has 1 aromatic carbocycles. The van der Waals surface area contributed by atoms with Gasteiger partial charge in [-0.2, -0.15) is 11.8 Å². The fourth-order valence-corrected chi connectivity index (χ4v) is 3.94. The summed E-state index contributed by atoms with van der Waals surface area (Å²) in [6.45, 7) is 4.13. The minimum Gasteiger partial charge on any atom is -0.496 e. The van der Waals surface area contributed by atoms with E-state index in [0.717, 1.165) is 31.2 Å². The van der Waals surface area contributed by atoms with Crippen molar-refractivity contribution in [3.05, 3.63) is 29.8 Å². The van der Waals surface area contributed by atoms with E-state index in [1.54, 1.807) is 7.11 Å². The maximum atomic E-state index is 5.38. The van der Waals surface area contributed by atoms with Crippen LogP contribution in [0.25, 0.3) is 0 Å². The van der Waals surface area contributed by atoms with Gasteiger partial charge in [0.15, 0.2) is 5.96 Å². The number of hydrogen-bond acceptors (Lipinski definition) is 3. The Bertz CT molecular complexity index is 504. The molecule has 0 saturated carbocycles. The van der Waals surface area contributed by atoms with Gasteiger partial charge in [0.1, 0.15) is 5.75 Å². The molecule has 1 unspecified atom stereocenters. The van der Waals surface area contributed by atoms with E-state index in [1.807, 2.05) is 25.2 Å². The summed E-state index contributed by atoms with van der Waals surface area (Å²) in [6, 6.07) is 8.15. The van der Waals surface area contributed by atoms with Crippen LogP contribution in [0.4, 0.5) is 0 Å². The van der Waals surface area contributed by atoms with E-state index < -0.39 is 0 Å². The quantitative estimate of drug-likeness (QED) is 0.398. The van der Waals surface area contributed by atoms with Crippen LogP contribution in [-0.2, 0) is 6.42 Å². The first kappa shape index (κ1) is 20.4. The average molecular weight is 449 g/mol. The molecule has 2 rings (SSSR count). The smallest absolute Gasteiger partial charge is 0.191 e. The molecule has 2 N–H and O–H groups in total. The zero-order chi connectivity index (χ0) is 15.8. The number of halogens is 1. The third-order valence-electron chi connectivity index (χ3n) is 4.03. The van der Waals surface area contributed by atoms with Crippen molar-refractivity contribution in [2.75, 3.05) is 33.0 Å². The van der Waals surface area contributed by atoms with Crippen LogP contribution in [0.5, 0.6) is 5.75 Å². The van der Waals surface area contributed by atoms with Crippen molar-refractivity contribution in [3.8, 4) is 5.75 Å². The van der Waals surface area contributed by atoms with Crippen LogP contribution in [0.2, 0.25) is 0 Å². The van der Waals surface area contributed by atoms with Crippen LogP contribution in [0.3, 0.4) is 0 Å². The lowest BCUT2D eigenvalue weighted by atomic mass is 10.1. The second-order valence-electron chi connectivity index (χ2n) is 5.82. The highest BCUT2D eigenvalue weighted by Crippen LogP contribution is 2.36. The lowest BCUT2D eigenvalue weighted by molar-refractivity contribution is 0.409. The summed E-state index contributed by atoms with van der Waals surface area (Å²) in [5.74, 6) is 3.10. The third-order valence-corrected chi connectivity index (χ3v) is 5.57. The van der Waals surface area contributed by atoms with E-state index in [2.05, 4.69) is 40.4 Å². The molecule has 0 radical (unpaired) electrons. The Hall–Kier alpha value is -0.630. The lowest BCUT2D eigenvalue weighted by Crippen LogP contribution is -2.44. The molecule has 1 atom stereocenters. The number of para-hydroxylation sites is 1. The molecule has 1 aromatic rings. The number of benzene rings is 1. The van der Waals surface area contributed by atoms with Gasteiger partial charge in [-0.15, -0.1) is 24.0 Å². The molecule has 0 amide bonds. The van der Waals surface area contributed by atoms with E-state index in [4.69, 9.17) is 4.74 Å². The minimum atomic E-state index is 0.